The van der Waals surface area contributed by atoms with E-state index in [0.29, 0.717) is 11.3 Å². The van der Waals surface area contributed by atoms with Crippen LogP contribution >= 0.6 is 0 Å². The molecule has 0 fully saturated rings. The molecule has 5 nitrogen and oxygen atoms in total. The summed E-state index contributed by atoms with van der Waals surface area (Å²) in [6.07, 6.45) is 2.90. The molecule has 0 spiro atoms. The maximum Gasteiger partial charge on any atom is 0.255 e. The van der Waals surface area contributed by atoms with Crippen molar-refractivity contribution in [3.8, 4) is 17.0 Å². The number of nitrogens with zero attached hydrogens (tertiary/aromatic N) is 4. The lowest BCUT2D eigenvalue weighted by atomic mass is 10.2. The molecule has 0 saturated heterocycles. The zero-order valence-electron chi connectivity index (χ0n) is 8.31. The van der Waals surface area contributed by atoms with Crippen LogP contribution in [0.4, 0.5) is 4.39 Å². The number of aromatic nitrogens is 4. The van der Waals surface area contributed by atoms with E-state index in [1.54, 1.807) is 13.1 Å². The van der Waals surface area contributed by atoms with Crippen molar-refractivity contribution >= 4 is 0 Å². The smallest absolute Gasteiger partial charge is 0.255 e. The van der Waals surface area contributed by atoms with E-state index in [0.717, 1.165) is 0 Å². The molecule has 2 heterocycles. The third-order valence-electron chi connectivity index (χ3n) is 1.94. The van der Waals surface area contributed by atoms with Gasteiger partial charge in [0.2, 0.25) is 0 Å². The number of halogens is 1. The fourth-order valence-electron chi connectivity index (χ4n) is 1.29. The summed E-state index contributed by atoms with van der Waals surface area (Å²) < 4.78 is 18.2. The van der Waals surface area contributed by atoms with Gasteiger partial charge in [-0.15, -0.1) is 0 Å². The Balaban J connectivity index is 2.57. The molecule has 0 aliphatic heterocycles. The lowest BCUT2D eigenvalue weighted by Crippen LogP contribution is -1.96. The van der Waals surface area contributed by atoms with Gasteiger partial charge in [0.1, 0.15) is 5.69 Å². The van der Waals surface area contributed by atoms with Crippen LogP contribution in [-0.2, 0) is 7.05 Å². The summed E-state index contributed by atoms with van der Waals surface area (Å²) in [5, 5.41) is 7.97. The van der Waals surface area contributed by atoms with Crippen molar-refractivity contribution in [2.45, 2.75) is 0 Å². The maximum absolute atomic E-state index is 13.3. The lowest BCUT2D eigenvalue weighted by molar-refractivity contribution is 0.379. The van der Waals surface area contributed by atoms with Gasteiger partial charge in [0.25, 0.3) is 5.95 Å². The van der Waals surface area contributed by atoms with Crippen LogP contribution in [0.1, 0.15) is 0 Å². The first-order chi connectivity index (χ1) is 7.22. The van der Waals surface area contributed by atoms with Crippen LogP contribution < -0.4 is 4.74 Å². The zero-order valence-corrected chi connectivity index (χ0v) is 8.31. The lowest BCUT2D eigenvalue weighted by Gasteiger charge is -2.05. The highest BCUT2D eigenvalue weighted by molar-refractivity contribution is 5.65. The van der Waals surface area contributed by atoms with E-state index in [2.05, 4.69) is 15.2 Å². The van der Waals surface area contributed by atoms with Gasteiger partial charge in [-0.2, -0.15) is 19.4 Å². The number of ether oxygens (including phenoxy) is 1. The van der Waals surface area contributed by atoms with Crippen LogP contribution in [0.5, 0.6) is 5.75 Å². The van der Waals surface area contributed by atoms with E-state index in [9.17, 15) is 4.39 Å². The molecule has 15 heavy (non-hydrogen) atoms. The number of hydrogen-bond donors (Lipinski definition) is 0. The molecule has 6 heteroatoms. The van der Waals surface area contributed by atoms with Crippen LogP contribution in [0.3, 0.4) is 0 Å². The Hall–Kier alpha value is -1.98. The molecule has 2 rings (SSSR count). The van der Waals surface area contributed by atoms with Gasteiger partial charge in [-0.05, 0) is 6.07 Å². The second kappa shape index (κ2) is 3.64. The molecule has 0 aliphatic carbocycles. The van der Waals surface area contributed by atoms with E-state index >= 15 is 0 Å². The Morgan fingerprint density at radius 3 is 2.87 bits per heavy atom. The van der Waals surface area contributed by atoms with Crippen molar-refractivity contribution in [1.82, 2.24) is 20.0 Å². The van der Waals surface area contributed by atoms with Crippen molar-refractivity contribution in [2.75, 3.05) is 7.11 Å². The monoisotopic (exact) mass is 208 g/mol. The average Bonchev–Trinajstić information content (AvgIpc) is 2.64. The van der Waals surface area contributed by atoms with Gasteiger partial charge in [-0.3, -0.25) is 0 Å². The average molecular weight is 208 g/mol. The molecule has 0 amide bonds. The first-order valence-electron chi connectivity index (χ1n) is 4.27. The highest BCUT2D eigenvalue weighted by atomic mass is 19.1. The second-order valence-electron chi connectivity index (χ2n) is 2.90. The van der Waals surface area contributed by atoms with Crippen molar-refractivity contribution in [1.29, 1.82) is 0 Å². The Morgan fingerprint density at radius 2 is 2.27 bits per heavy atom. The summed E-state index contributed by atoms with van der Waals surface area (Å²) in [4.78, 5) is 4.89. The molecule has 0 atom stereocenters. The summed E-state index contributed by atoms with van der Waals surface area (Å²) in [5.74, 6) is -0.571. The predicted octanol–water partition coefficient (Wildman–Crippen LogP) is 1.02. The number of hydrogen-bond acceptors (Lipinski definition) is 4. The normalized spacial score (nSPS) is 10.3. The Labute approximate surface area is 85.5 Å². The van der Waals surface area contributed by atoms with Gasteiger partial charge in [0.15, 0.2) is 5.75 Å². The van der Waals surface area contributed by atoms with E-state index in [1.807, 2.05) is 0 Å². The highest BCUT2D eigenvalue weighted by Gasteiger charge is 2.13. The standard InChI is InChI=1S/C9H9FN4O/c1-14-12-5-7(13-14)6-3-4-11-9(10)8(6)15-2/h3-5H,1-2H3. The number of methoxy groups -OCH3 is 1. The molecule has 0 aromatic carbocycles. The third kappa shape index (κ3) is 1.65. The first-order valence-corrected chi connectivity index (χ1v) is 4.27. The van der Waals surface area contributed by atoms with Gasteiger partial charge in [0.05, 0.1) is 18.9 Å². The fraction of sp³-hybridized carbons (Fsp3) is 0.222. The molecule has 2 aromatic rings. The Bertz CT molecular complexity index is 483. The van der Waals surface area contributed by atoms with E-state index in [-0.39, 0.29) is 5.75 Å². The molecule has 0 aliphatic rings. The van der Waals surface area contributed by atoms with Gasteiger partial charge in [-0.25, -0.2) is 4.98 Å². The fourth-order valence-corrected chi connectivity index (χ4v) is 1.29. The summed E-state index contributed by atoms with van der Waals surface area (Å²) >= 11 is 0. The van der Waals surface area contributed by atoms with Gasteiger partial charge in [-0.1, -0.05) is 0 Å². The largest absolute Gasteiger partial charge is 0.491 e. The molecule has 0 N–H and O–H groups in total. The van der Waals surface area contributed by atoms with Crippen LogP contribution in [0.15, 0.2) is 18.5 Å². The minimum absolute atomic E-state index is 0.0815. The molecule has 0 radical (unpaired) electrons. The number of rotatable bonds is 2. The number of pyridine rings is 1. The minimum atomic E-state index is -0.652. The third-order valence-corrected chi connectivity index (χ3v) is 1.94. The minimum Gasteiger partial charge on any atom is -0.491 e. The molecule has 78 valence electrons. The quantitative estimate of drug-likeness (QED) is 0.691. The molecule has 0 unspecified atom stereocenters. The van der Waals surface area contributed by atoms with E-state index < -0.39 is 5.95 Å². The van der Waals surface area contributed by atoms with Gasteiger partial charge >= 0.3 is 0 Å². The van der Waals surface area contributed by atoms with Gasteiger partial charge in [0, 0.05) is 13.2 Å². The first kappa shape index (κ1) is 9.57. The summed E-state index contributed by atoms with van der Waals surface area (Å²) in [7, 11) is 3.08. The van der Waals surface area contributed by atoms with E-state index in [1.165, 1.54) is 24.3 Å². The van der Waals surface area contributed by atoms with E-state index in [4.69, 9.17) is 4.74 Å². The van der Waals surface area contributed by atoms with Crippen LogP contribution in [0.2, 0.25) is 0 Å². The van der Waals surface area contributed by atoms with Crippen LogP contribution in [0, 0.1) is 5.95 Å². The SMILES string of the molecule is COc1c(-c2cnn(C)n2)ccnc1F. The van der Waals surface area contributed by atoms with Crippen molar-refractivity contribution < 1.29 is 9.13 Å². The summed E-state index contributed by atoms with van der Waals surface area (Å²) in [5.41, 5.74) is 1.09. The Morgan fingerprint density at radius 1 is 1.47 bits per heavy atom. The second-order valence-corrected chi connectivity index (χ2v) is 2.90. The van der Waals surface area contributed by atoms with Crippen molar-refractivity contribution in [3.05, 3.63) is 24.4 Å². The molecule has 2 aromatic heterocycles. The highest BCUT2D eigenvalue weighted by Crippen LogP contribution is 2.28. The van der Waals surface area contributed by atoms with Crippen molar-refractivity contribution in [3.63, 3.8) is 0 Å². The zero-order chi connectivity index (χ0) is 10.8. The van der Waals surface area contributed by atoms with Crippen LogP contribution in [0.25, 0.3) is 11.3 Å². The summed E-state index contributed by atoms with van der Waals surface area (Å²) in [6, 6.07) is 1.63. The summed E-state index contributed by atoms with van der Waals surface area (Å²) in [6.45, 7) is 0. The molecule has 0 saturated carbocycles. The molecule has 0 bridgehead atoms. The Kier molecular flexibility index (Phi) is 2.32. The predicted molar refractivity (Wildman–Crippen MR) is 50.7 cm³/mol. The molecular formula is C9H9FN4O. The number of aryl methyl sites for hydroxylation is 1. The molecular weight excluding hydrogens is 199 g/mol. The van der Waals surface area contributed by atoms with Crippen LogP contribution in [-0.4, -0.2) is 27.1 Å². The maximum atomic E-state index is 13.3. The van der Waals surface area contributed by atoms with Gasteiger partial charge < -0.3 is 4.74 Å². The topological polar surface area (TPSA) is 52.8 Å². The van der Waals surface area contributed by atoms with Crippen molar-refractivity contribution in [2.24, 2.45) is 7.05 Å².